The maximum Gasteiger partial charge on any atom is 0.243 e. The fourth-order valence-corrected chi connectivity index (χ4v) is 3.54. The molecule has 0 aliphatic carbocycles. The standard InChI is InChI=1S/C24H18N4O2/c1-16(29)28-24(30-23(27-28)18-11-13-25-14-12-18)20-15-22(17-7-3-2-4-8-17)26-21-10-6-5-9-19(20)21/h2-15,24H,1H3/t24-/m1/s1. The highest BCUT2D eigenvalue weighted by Gasteiger charge is 2.34. The van der Waals surface area contributed by atoms with Gasteiger partial charge in [0.25, 0.3) is 0 Å². The lowest BCUT2D eigenvalue weighted by atomic mass is 10.0. The van der Waals surface area contributed by atoms with Crippen molar-refractivity contribution in [2.75, 3.05) is 0 Å². The number of fused-ring (bicyclic) bond motifs is 1. The van der Waals surface area contributed by atoms with Crippen LogP contribution in [0.5, 0.6) is 0 Å². The summed E-state index contributed by atoms with van der Waals surface area (Å²) in [6.07, 6.45) is 2.66. The van der Waals surface area contributed by atoms with Crippen LogP contribution in [0.15, 0.2) is 90.3 Å². The molecule has 0 unspecified atom stereocenters. The van der Waals surface area contributed by atoms with Crippen molar-refractivity contribution >= 4 is 22.7 Å². The largest absolute Gasteiger partial charge is 0.446 e. The summed E-state index contributed by atoms with van der Waals surface area (Å²) in [4.78, 5) is 21.3. The van der Waals surface area contributed by atoms with E-state index >= 15 is 0 Å². The molecule has 1 amide bonds. The Morgan fingerprint density at radius 2 is 1.67 bits per heavy atom. The molecule has 30 heavy (non-hydrogen) atoms. The van der Waals surface area contributed by atoms with Gasteiger partial charge < -0.3 is 4.74 Å². The Balaban J connectivity index is 1.65. The Morgan fingerprint density at radius 1 is 0.933 bits per heavy atom. The lowest BCUT2D eigenvalue weighted by molar-refractivity contribution is -0.135. The molecule has 1 atom stereocenters. The number of carbonyl (C=O) groups is 1. The lowest BCUT2D eigenvalue weighted by Crippen LogP contribution is -2.25. The van der Waals surface area contributed by atoms with E-state index in [2.05, 4.69) is 10.1 Å². The molecular weight excluding hydrogens is 376 g/mol. The number of hydrogen-bond donors (Lipinski definition) is 0. The third-order valence-electron chi connectivity index (χ3n) is 4.98. The maximum atomic E-state index is 12.4. The van der Waals surface area contributed by atoms with Gasteiger partial charge in [-0.3, -0.25) is 9.78 Å². The Bertz CT molecular complexity index is 1260. The number of rotatable bonds is 3. The SMILES string of the molecule is CC(=O)N1N=C(c2ccncc2)O[C@@H]1c1cc(-c2ccccc2)nc2ccccc12. The van der Waals surface area contributed by atoms with E-state index in [-0.39, 0.29) is 5.91 Å². The highest BCUT2D eigenvalue weighted by molar-refractivity contribution is 5.97. The number of hydrogen-bond acceptors (Lipinski definition) is 5. The number of carbonyl (C=O) groups excluding carboxylic acids is 1. The Labute approximate surface area is 173 Å². The first-order valence-electron chi connectivity index (χ1n) is 9.61. The van der Waals surface area contributed by atoms with Gasteiger partial charge in [-0.15, -0.1) is 5.10 Å². The zero-order chi connectivity index (χ0) is 20.5. The molecule has 1 aliphatic heterocycles. The fraction of sp³-hybridized carbons (Fsp3) is 0.0833. The fourth-order valence-electron chi connectivity index (χ4n) is 3.54. The minimum absolute atomic E-state index is 0.203. The van der Waals surface area contributed by atoms with E-state index in [0.29, 0.717) is 5.90 Å². The van der Waals surface area contributed by atoms with Crippen LogP contribution in [-0.4, -0.2) is 26.8 Å². The van der Waals surface area contributed by atoms with Crippen molar-refractivity contribution in [2.24, 2.45) is 5.10 Å². The predicted octanol–water partition coefficient (Wildman–Crippen LogP) is 4.54. The van der Waals surface area contributed by atoms with Gasteiger partial charge >= 0.3 is 0 Å². The third kappa shape index (κ3) is 3.18. The number of nitrogens with zero attached hydrogens (tertiary/aromatic N) is 4. The average molecular weight is 394 g/mol. The van der Waals surface area contributed by atoms with Gasteiger partial charge in [-0.25, -0.2) is 4.98 Å². The van der Waals surface area contributed by atoms with Crippen molar-refractivity contribution in [1.82, 2.24) is 15.0 Å². The first kappa shape index (κ1) is 18.0. The molecule has 0 saturated heterocycles. The molecule has 0 bridgehead atoms. The van der Waals surface area contributed by atoms with Crippen LogP contribution < -0.4 is 0 Å². The molecule has 2 aromatic heterocycles. The summed E-state index contributed by atoms with van der Waals surface area (Å²) in [7, 11) is 0. The van der Waals surface area contributed by atoms with E-state index in [1.165, 1.54) is 11.9 Å². The Hall–Kier alpha value is -4.06. The monoisotopic (exact) mass is 394 g/mol. The second-order valence-electron chi connectivity index (χ2n) is 6.95. The van der Waals surface area contributed by atoms with Crippen molar-refractivity contribution < 1.29 is 9.53 Å². The molecule has 146 valence electrons. The van der Waals surface area contributed by atoms with E-state index in [1.807, 2.05) is 60.7 Å². The summed E-state index contributed by atoms with van der Waals surface area (Å²) in [5, 5.41) is 6.75. The van der Waals surface area contributed by atoms with Crippen molar-refractivity contribution in [3.8, 4) is 11.3 Å². The maximum absolute atomic E-state index is 12.4. The lowest BCUT2D eigenvalue weighted by Gasteiger charge is -2.21. The Morgan fingerprint density at radius 3 is 2.43 bits per heavy atom. The highest BCUT2D eigenvalue weighted by Crippen LogP contribution is 2.36. The van der Waals surface area contributed by atoms with Gasteiger partial charge in [0.1, 0.15) is 0 Å². The summed E-state index contributed by atoms with van der Waals surface area (Å²) in [6.45, 7) is 1.48. The first-order valence-corrected chi connectivity index (χ1v) is 9.61. The quantitative estimate of drug-likeness (QED) is 0.512. The van der Waals surface area contributed by atoms with E-state index in [4.69, 9.17) is 9.72 Å². The summed E-state index contributed by atoms with van der Waals surface area (Å²) >= 11 is 0. The van der Waals surface area contributed by atoms with E-state index < -0.39 is 6.23 Å². The summed E-state index contributed by atoms with van der Waals surface area (Å²) in [6, 6.07) is 23.4. The molecule has 1 aliphatic rings. The average Bonchev–Trinajstić information content (AvgIpc) is 3.25. The molecule has 0 radical (unpaired) electrons. The zero-order valence-electron chi connectivity index (χ0n) is 16.3. The Kier molecular flexibility index (Phi) is 4.44. The second-order valence-corrected chi connectivity index (χ2v) is 6.95. The van der Waals surface area contributed by atoms with Crippen LogP contribution in [0.1, 0.15) is 24.3 Å². The van der Waals surface area contributed by atoms with Crippen LogP contribution in [0, 0.1) is 0 Å². The second kappa shape index (κ2) is 7.40. The number of amides is 1. The van der Waals surface area contributed by atoms with Gasteiger partial charge in [-0.05, 0) is 24.3 Å². The predicted molar refractivity (Wildman–Crippen MR) is 114 cm³/mol. The van der Waals surface area contributed by atoms with Gasteiger partial charge in [0, 0.05) is 41.4 Å². The number of aromatic nitrogens is 2. The number of hydrazone groups is 1. The van der Waals surface area contributed by atoms with Gasteiger partial charge in [0.2, 0.25) is 18.0 Å². The molecule has 0 fully saturated rings. The van der Waals surface area contributed by atoms with Crippen molar-refractivity contribution in [2.45, 2.75) is 13.2 Å². The molecule has 4 aromatic rings. The minimum atomic E-state index is -0.680. The zero-order valence-corrected chi connectivity index (χ0v) is 16.3. The number of pyridine rings is 2. The molecule has 6 heteroatoms. The van der Waals surface area contributed by atoms with Crippen LogP contribution >= 0.6 is 0 Å². The van der Waals surface area contributed by atoms with Gasteiger partial charge in [-0.1, -0.05) is 48.5 Å². The molecule has 3 heterocycles. The first-order chi connectivity index (χ1) is 14.7. The van der Waals surface area contributed by atoms with E-state index in [0.717, 1.165) is 33.3 Å². The van der Waals surface area contributed by atoms with Crippen LogP contribution in [0.25, 0.3) is 22.2 Å². The van der Waals surface area contributed by atoms with Crippen molar-refractivity contribution in [3.63, 3.8) is 0 Å². The van der Waals surface area contributed by atoms with Crippen molar-refractivity contribution in [3.05, 3.63) is 96.3 Å². The topological polar surface area (TPSA) is 67.7 Å². The summed E-state index contributed by atoms with van der Waals surface area (Å²) < 4.78 is 6.21. The van der Waals surface area contributed by atoms with Crippen LogP contribution in [-0.2, 0) is 9.53 Å². The molecule has 0 N–H and O–H groups in total. The molecule has 0 saturated carbocycles. The third-order valence-corrected chi connectivity index (χ3v) is 4.98. The van der Waals surface area contributed by atoms with Crippen LogP contribution in [0.2, 0.25) is 0 Å². The van der Waals surface area contributed by atoms with E-state index in [9.17, 15) is 4.79 Å². The smallest absolute Gasteiger partial charge is 0.243 e. The molecule has 2 aromatic carbocycles. The number of para-hydroxylation sites is 1. The minimum Gasteiger partial charge on any atom is -0.446 e. The molecule has 5 rings (SSSR count). The number of benzene rings is 2. The normalized spacial score (nSPS) is 15.7. The molecule has 0 spiro atoms. The van der Waals surface area contributed by atoms with E-state index in [1.54, 1.807) is 24.5 Å². The molecular formula is C24H18N4O2. The molecule has 6 nitrogen and oxygen atoms in total. The van der Waals surface area contributed by atoms with Gasteiger partial charge in [0.15, 0.2) is 0 Å². The van der Waals surface area contributed by atoms with Gasteiger partial charge in [-0.2, -0.15) is 5.01 Å². The van der Waals surface area contributed by atoms with Crippen LogP contribution in [0.4, 0.5) is 0 Å². The summed E-state index contributed by atoms with van der Waals surface area (Å²) in [5.74, 6) is 0.186. The summed E-state index contributed by atoms with van der Waals surface area (Å²) in [5.41, 5.74) is 4.24. The van der Waals surface area contributed by atoms with Crippen molar-refractivity contribution in [1.29, 1.82) is 0 Å². The number of ether oxygens (including phenoxy) is 1. The van der Waals surface area contributed by atoms with Crippen LogP contribution in [0.3, 0.4) is 0 Å². The van der Waals surface area contributed by atoms with Gasteiger partial charge in [0.05, 0.1) is 11.2 Å². The highest BCUT2D eigenvalue weighted by atomic mass is 16.5.